The minimum absolute atomic E-state index is 0.0211. The van der Waals surface area contributed by atoms with Crippen molar-refractivity contribution in [3.63, 3.8) is 0 Å². The Morgan fingerprint density at radius 2 is 1.79 bits per heavy atom. The zero-order chi connectivity index (χ0) is 17.3. The van der Waals surface area contributed by atoms with Crippen molar-refractivity contribution in [2.24, 2.45) is 0 Å². The summed E-state index contributed by atoms with van der Waals surface area (Å²) in [5.41, 5.74) is 2.98. The molecule has 1 fully saturated rings. The van der Waals surface area contributed by atoms with Gasteiger partial charge in [-0.3, -0.25) is 9.52 Å². The standard InChI is InChI=1S/C18H20N2O3S/c1-13-9-10-15(12-14(13)2)24(22,23)19-16-6-3-4-7-17(16)20-11-5-8-18(20)21/h3-4,6-7,9-10,12,19H,5,8,11H2,1-2H3. The Morgan fingerprint density at radius 1 is 1.04 bits per heavy atom. The molecular weight excluding hydrogens is 324 g/mol. The summed E-state index contributed by atoms with van der Waals surface area (Å²) in [6, 6.07) is 12.0. The molecule has 24 heavy (non-hydrogen) atoms. The average molecular weight is 344 g/mol. The smallest absolute Gasteiger partial charge is 0.261 e. The number of sulfonamides is 1. The van der Waals surface area contributed by atoms with Gasteiger partial charge >= 0.3 is 0 Å². The first-order valence-electron chi connectivity index (χ1n) is 7.88. The zero-order valence-corrected chi connectivity index (χ0v) is 14.6. The molecule has 2 aromatic rings. The number of aryl methyl sites for hydroxylation is 2. The number of nitrogens with zero attached hydrogens (tertiary/aromatic N) is 1. The second-order valence-corrected chi connectivity index (χ2v) is 7.70. The van der Waals surface area contributed by atoms with E-state index in [-0.39, 0.29) is 10.8 Å². The Hall–Kier alpha value is -2.34. The number of benzene rings is 2. The van der Waals surface area contributed by atoms with Crippen molar-refractivity contribution in [3.8, 4) is 0 Å². The van der Waals surface area contributed by atoms with Crippen LogP contribution >= 0.6 is 0 Å². The van der Waals surface area contributed by atoms with E-state index in [1.165, 1.54) is 0 Å². The minimum atomic E-state index is -3.71. The Balaban J connectivity index is 1.96. The third-order valence-electron chi connectivity index (χ3n) is 4.30. The van der Waals surface area contributed by atoms with Crippen LogP contribution in [0.2, 0.25) is 0 Å². The van der Waals surface area contributed by atoms with Crippen LogP contribution in [-0.4, -0.2) is 20.9 Å². The van der Waals surface area contributed by atoms with Gasteiger partial charge in [-0.2, -0.15) is 0 Å². The first kappa shape index (κ1) is 16.5. The Labute approximate surface area is 142 Å². The Morgan fingerprint density at radius 3 is 2.46 bits per heavy atom. The second kappa shape index (κ2) is 6.28. The summed E-state index contributed by atoms with van der Waals surface area (Å²) < 4.78 is 28.0. The lowest BCUT2D eigenvalue weighted by Gasteiger charge is -2.20. The molecule has 0 saturated carbocycles. The maximum absolute atomic E-state index is 12.7. The number of nitrogens with one attached hydrogen (secondary N) is 1. The molecule has 3 rings (SSSR count). The van der Waals surface area contributed by atoms with Crippen LogP contribution in [0.25, 0.3) is 0 Å². The van der Waals surface area contributed by atoms with Crippen molar-refractivity contribution in [2.45, 2.75) is 31.6 Å². The van der Waals surface area contributed by atoms with Crippen molar-refractivity contribution in [3.05, 3.63) is 53.6 Å². The highest BCUT2D eigenvalue weighted by Gasteiger charge is 2.25. The van der Waals surface area contributed by atoms with Crippen molar-refractivity contribution < 1.29 is 13.2 Å². The molecule has 0 aromatic heterocycles. The molecule has 2 aromatic carbocycles. The fourth-order valence-electron chi connectivity index (χ4n) is 2.78. The highest BCUT2D eigenvalue weighted by Crippen LogP contribution is 2.31. The van der Waals surface area contributed by atoms with E-state index in [1.54, 1.807) is 47.4 Å². The summed E-state index contributed by atoms with van der Waals surface area (Å²) >= 11 is 0. The monoisotopic (exact) mass is 344 g/mol. The molecule has 126 valence electrons. The fraction of sp³-hybridized carbons (Fsp3) is 0.278. The van der Waals surface area contributed by atoms with Gasteiger partial charge in [0.1, 0.15) is 0 Å². The molecule has 6 heteroatoms. The summed E-state index contributed by atoms with van der Waals surface area (Å²) in [6.07, 6.45) is 1.29. The molecule has 1 heterocycles. The normalized spacial score (nSPS) is 14.9. The second-order valence-electron chi connectivity index (χ2n) is 6.02. The van der Waals surface area contributed by atoms with Gasteiger partial charge in [-0.25, -0.2) is 8.42 Å². The molecule has 0 spiro atoms. The van der Waals surface area contributed by atoms with Crippen molar-refractivity contribution in [2.75, 3.05) is 16.2 Å². The maximum Gasteiger partial charge on any atom is 0.261 e. The lowest BCUT2D eigenvalue weighted by Crippen LogP contribution is -2.25. The quantitative estimate of drug-likeness (QED) is 0.926. The third-order valence-corrected chi connectivity index (χ3v) is 5.66. The summed E-state index contributed by atoms with van der Waals surface area (Å²) in [4.78, 5) is 13.8. The summed E-state index contributed by atoms with van der Waals surface area (Å²) in [5, 5.41) is 0. The number of rotatable bonds is 4. The Kier molecular flexibility index (Phi) is 4.32. The van der Waals surface area contributed by atoms with Gasteiger partial charge in [0.25, 0.3) is 10.0 Å². The van der Waals surface area contributed by atoms with Gasteiger partial charge in [0.2, 0.25) is 5.91 Å². The molecule has 1 saturated heterocycles. The van der Waals surface area contributed by atoms with Gasteiger partial charge in [0.05, 0.1) is 16.3 Å². The van der Waals surface area contributed by atoms with Crippen LogP contribution in [0.15, 0.2) is 47.4 Å². The maximum atomic E-state index is 12.7. The lowest BCUT2D eigenvalue weighted by molar-refractivity contribution is -0.117. The average Bonchev–Trinajstić information content (AvgIpc) is 2.96. The molecule has 0 unspecified atom stereocenters. The Bertz CT molecular complexity index is 891. The number of amides is 1. The largest absolute Gasteiger partial charge is 0.310 e. The molecule has 0 atom stereocenters. The van der Waals surface area contributed by atoms with Crippen LogP contribution in [0.4, 0.5) is 11.4 Å². The SMILES string of the molecule is Cc1ccc(S(=O)(=O)Nc2ccccc2N2CCCC2=O)cc1C. The molecule has 1 N–H and O–H groups in total. The first-order valence-corrected chi connectivity index (χ1v) is 9.36. The molecule has 1 amide bonds. The van der Waals surface area contributed by atoms with Gasteiger partial charge in [-0.05, 0) is 55.7 Å². The van der Waals surface area contributed by atoms with Crippen molar-refractivity contribution in [1.29, 1.82) is 0 Å². The van der Waals surface area contributed by atoms with Crippen LogP contribution in [0.5, 0.6) is 0 Å². The summed E-state index contributed by atoms with van der Waals surface area (Å²) in [5.74, 6) is 0.0211. The molecule has 0 radical (unpaired) electrons. The lowest BCUT2D eigenvalue weighted by atomic mass is 10.1. The third kappa shape index (κ3) is 3.14. The summed E-state index contributed by atoms with van der Waals surface area (Å²) in [6.45, 7) is 4.43. The van der Waals surface area contributed by atoms with E-state index in [1.807, 2.05) is 13.8 Å². The highest BCUT2D eigenvalue weighted by atomic mass is 32.2. The molecule has 1 aliphatic heterocycles. The number of para-hydroxylation sites is 2. The van der Waals surface area contributed by atoms with E-state index in [9.17, 15) is 13.2 Å². The highest BCUT2D eigenvalue weighted by molar-refractivity contribution is 7.92. The molecular formula is C18H20N2O3S. The van der Waals surface area contributed by atoms with Gasteiger partial charge in [-0.1, -0.05) is 18.2 Å². The number of hydrogen-bond donors (Lipinski definition) is 1. The molecule has 1 aliphatic rings. The predicted molar refractivity (Wildman–Crippen MR) is 94.8 cm³/mol. The van der Waals surface area contributed by atoms with E-state index in [0.29, 0.717) is 24.3 Å². The van der Waals surface area contributed by atoms with Crippen LogP contribution in [0.3, 0.4) is 0 Å². The topological polar surface area (TPSA) is 66.5 Å². The van der Waals surface area contributed by atoms with Gasteiger partial charge in [0.15, 0.2) is 0 Å². The zero-order valence-electron chi connectivity index (χ0n) is 13.7. The number of carbonyl (C=O) groups is 1. The van der Waals surface area contributed by atoms with Crippen LogP contribution in [-0.2, 0) is 14.8 Å². The van der Waals surface area contributed by atoms with Crippen LogP contribution < -0.4 is 9.62 Å². The van der Waals surface area contributed by atoms with Crippen LogP contribution in [0, 0.1) is 13.8 Å². The predicted octanol–water partition coefficient (Wildman–Crippen LogP) is 3.23. The minimum Gasteiger partial charge on any atom is -0.310 e. The first-order chi connectivity index (χ1) is 11.4. The van der Waals surface area contributed by atoms with Crippen molar-refractivity contribution in [1.82, 2.24) is 0 Å². The molecule has 0 bridgehead atoms. The van der Waals surface area contributed by atoms with Crippen LogP contribution in [0.1, 0.15) is 24.0 Å². The van der Waals surface area contributed by atoms with E-state index in [2.05, 4.69) is 4.72 Å². The summed E-state index contributed by atoms with van der Waals surface area (Å²) in [7, 11) is -3.71. The number of carbonyl (C=O) groups excluding carboxylic acids is 1. The fourth-order valence-corrected chi connectivity index (χ4v) is 3.94. The van der Waals surface area contributed by atoms with E-state index < -0.39 is 10.0 Å². The number of anilines is 2. The van der Waals surface area contributed by atoms with E-state index in [4.69, 9.17) is 0 Å². The molecule has 0 aliphatic carbocycles. The van der Waals surface area contributed by atoms with E-state index >= 15 is 0 Å². The molecule has 5 nitrogen and oxygen atoms in total. The number of hydrogen-bond acceptors (Lipinski definition) is 3. The van der Waals surface area contributed by atoms with Gasteiger partial charge in [-0.15, -0.1) is 0 Å². The van der Waals surface area contributed by atoms with Crippen molar-refractivity contribution >= 4 is 27.3 Å². The van der Waals surface area contributed by atoms with E-state index in [0.717, 1.165) is 17.5 Å². The van der Waals surface area contributed by atoms with Gasteiger partial charge in [0, 0.05) is 13.0 Å². The van der Waals surface area contributed by atoms with Gasteiger partial charge < -0.3 is 4.90 Å².